The number of hydrogen-bond donors (Lipinski definition) is 1. The van der Waals surface area contributed by atoms with E-state index in [0.29, 0.717) is 0 Å². The van der Waals surface area contributed by atoms with E-state index in [1.54, 1.807) is 11.3 Å². The van der Waals surface area contributed by atoms with Gasteiger partial charge in [-0.15, -0.1) is 11.3 Å². The Morgan fingerprint density at radius 3 is 3.00 bits per heavy atom. The van der Waals surface area contributed by atoms with E-state index < -0.39 is 6.10 Å². The van der Waals surface area contributed by atoms with Gasteiger partial charge in [0.15, 0.2) is 0 Å². The Morgan fingerprint density at radius 1 is 1.35 bits per heavy atom. The molecule has 0 amide bonds. The topological polar surface area (TPSA) is 29.5 Å². The van der Waals surface area contributed by atoms with Gasteiger partial charge in [-0.05, 0) is 29.5 Å². The molecule has 1 atom stereocenters. The van der Waals surface area contributed by atoms with Gasteiger partial charge in [0.1, 0.15) is 11.9 Å². The Kier molecular flexibility index (Phi) is 2.65. The normalized spacial score (nSPS) is 15.4. The van der Waals surface area contributed by atoms with Gasteiger partial charge in [0.05, 0.1) is 6.61 Å². The van der Waals surface area contributed by atoms with E-state index in [2.05, 4.69) is 6.07 Å². The number of benzene rings is 1. The lowest BCUT2D eigenvalue weighted by Gasteiger charge is -2.14. The lowest BCUT2D eigenvalue weighted by atomic mass is 10.0. The smallest absolute Gasteiger partial charge is 0.128 e. The first-order valence-electron chi connectivity index (χ1n) is 5.74. The molecule has 0 aliphatic carbocycles. The molecule has 1 unspecified atom stereocenters. The second-order valence-corrected chi connectivity index (χ2v) is 5.25. The minimum Gasteiger partial charge on any atom is -0.493 e. The molecule has 0 spiro atoms. The van der Waals surface area contributed by atoms with Crippen LogP contribution >= 0.6 is 11.3 Å². The molecular weight excluding hydrogens is 232 g/mol. The molecule has 0 bridgehead atoms. The van der Waals surface area contributed by atoms with Crippen molar-refractivity contribution >= 4 is 11.3 Å². The molecule has 1 N–H and O–H groups in total. The van der Waals surface area contributed by atoms with Gasteiger partial charge in [-0.25, -0.2) is 0 Å². The summed E-state index contributed by atoms with van der Waals surface area (Å²) in [5.74, 6) is 0.882. The molecule has 1 aliphatic rings. The van der Waals surface area contributed by atoms with Crippen LogP contribution in [0.4, 0.5) is 0 Å². The third-order valence-electron chi connectivity index (χ3n) is 3.19. The molecule has 1 aromatic carbocycles. The quantitative estimate of drug-likeness (QED) is 0.882. The molecule has 0 saturated carbocycles. The predicted octanol–water partition coefficient (Wildman–Crippen LogP) is 3.07. The molecule has 2 heterocycles. The summed E-state index contributed by atoms with van der Waals surface area (Å²) < 4.78 is 5.63. The van der Waals surface area contributed by atoms with Gasteiger partial charge < -0.3 is 9.84 Å². The number of aliphatic hydroxyl groups is 1. The van der Waals surface area contributed by atoms with Crippen molar-refractivity contribution < 1.29 is 9.84 Å². The molecule has 88 valence electrons. The van der Waals surface area contributed by atoms with Crippen molar-refractivity contribution in [2.24, 2.45) is 0 Å². The number of rotatable bonds is 2. The molecular formula is C14H14O2S. The highest BCUT2D eigenvalue weighted by atomic mass is 32.1. The molecule has 1 aliphatic heterocycles. The molecule has 0 radical (unpaired) electrons. The monoisotopic (exact) mass is 246 g/mol. The van der Waals surface area contributed by atoms with Crippen molar-refractivity contribution in [3.63, 3.8) is 0 Å². The van der Waals surface area contributed by atoms with Gasteiger partial charge in [0.2, 0.25) is 0 Å². The van der Waals surface area contributed by atoms with Gasteiger partial charge in [-0.3, -0.25) is 0 Å². The number of ether oxygens (including phenoxy) is 1. The van der Waals surface area contributed by atoms with Crippen molar-refractivity contribution in [2.75, 3.05) is 6.61 Å². The number of aliphatic hydroxyl groups excluding tert-OH is 1. The van der Waals surface area contributed by atoms with Crippen LogP contribution in [0.15, 0.2) is 29.6 Å². The fraction of sp³-hybridized carbons (Fsp3) is 0.286. The summed E-state index contributed by atoms with van der Waals surface area (Å²) in [5.41, 5.74) is 3.24. The van der Waals surface area contributed by atoms with Crippen molar-refractivity contribution in [1.29, 1.82) is 0 Å². The van der Waals surface area contributed by atoms with Crippen LogP contribution in [0.1, 0.15) is 27.7 Å². The highest BCUT2D eigenvalue weighted by Gasteiger charge is 2.23. The maximum Gasteiger partial charge on any atom is 0.128 e. The average molecular weight is 246 g/mol. The summed E-state index contributed by atoms with van der Waals surface area (Å²) in [4.78, 5) is 1.01. The first-order chi connectivity index (χ1) is 8.27. The van der Waals surface area contributed by atoms with Crippen LogP contribution in [0.2, 0.25) is 0 Å². The van der Waals surface area contributed by atoms with E-state index in [1.165, 1.54) is 5.56 Å². The molecule has 17 heavy (non-hydrogen) atoms. The maximum atomic E-state index is 10.5. The summed E-state index contributed by atoms with van der Waals surface area (Å²) in [6, 6.07) is 8.05. The van der Waals surface area contributed by atoms with Gasteiger partial charge >= 0.3 is 0 Å². The Labute approximate surface area is 104 Å². The van der Waals surface area contributed by atoms with E-state index in [4.69, 9.17) is 4.74 Å². The largest absolute Gasteiger partial charge is 0.493 e. The van der Waals surface area contributed by atoms with Crippen LogP contribution in [0.25, 0.3) is 0 Å². The lowest BCUT2D eigenvalue weighted by molar-refractivity contribution is 0.217. The van der Waals surface area contributed by atoms with Crippen molar-refractivity contribution in [3.05, 3.63) is 51.2 Å². The van der Waals surface area contributed by atoms with E-state index in [0.717, 1.165) is 34.8 Å². The zero-order chi connectivity index (χ0) is 11.8. The number of hydrogen-bond acceptors (Lipinski definition) is 3. The fourth-order valence-electron chi connectivity index (χ4n) is 2.26. The Hall–Kier alpha value is -1.32. The Morgan fingerprint density at radius 2 is 2.24 bits per heavy atom. The average Bonchev–Trinajstić information content (AvgIpc) is 2.95. The number of thiophene rings is 1. The van der Waals surface area contributed by atoms with Crippen molar-refractivity contribution in [3.8, 4) is 5.75 Å². The number of para-hydroxylation sites is 1. The molecule has 3 rings (SSSR count). The van der Waals surface area contributed by atoms with Crippen LogP contribution in [0, 0.1) is 6.92 Å². The minimum absolute atomic E-state index is 0.567. The van der Waals surface area contributed by atoms with Gasteiger partial charge in [0, 0.05) is 16.9 Å². The standard InChI is InChI=1S/C14H14O2S/c1-9-6-8-17-14(9)12(15)11-4-2-3-10-5-7-16-13(10)11/h2-4,6,8,12,15H,5,7H2,1H3. The summed E-state index contributed by atoms with van der Waals surface area (Å²) >= 11 is 1.59. The van der Waals surface area contributed by atoms with Crippen LogP contribution in [0.3, 0.4) is 0 Å². The summed E-state index contributed by atoms with van der Waals surface area (Å²) in [7, 11) is 0. The number of fused-ring (bicyclic) bond motifs is 1. The minimum atomic E-state index is -0.567. The van der Waals surface area contributed by atoms with Gasteiger partial charge in [-0.1, -0.05) is 18.2 Å². The molecule has 0 saturated heterocycles. The molecule has 2 nitrogen and oxygen atoms in total. The zero-order valence-corrected chi connectivity index (χ0v) is 10.5. The van der Waals surface area contributed by atoms with Gasteiger partial charge in [0.25, 0.3) is 0 Å². The summed E-state index contributed by atoms with van der Waals surface area (Å²) in [5, 5.41) is 12.5. The van der Waals surface area contributed by atoms with Crippen molar-refractivity contribution in [1.82, 2.24) is 0 Å². The zero-order valence-electron chi connectivity index (χ0n) is 9.64. The third kappa shape index (κ3) is 1.75. The predicted molar refractivity (Wildman–Crippen MR) is 68.8 cm³/mol. The first-order valence-corrected chi connectivity index (χ1v) is 6.62. The van der Waals surface area contributed by atoms with E-state index in [9.17, 15) is 5.11 Å². The lowest BCUT2D eigenvalue weighted by Crippen LogP contribution is -2.01. The molecule has 1 aromatic heterocycles. The van der Waals surface area contributed by atoms with Gasteiger partial charge in [-0.2, -0.15) is 0 Å². The van der Waals surface area contributed by atoms with Crippen molar-refractivity contribution in [2.45, 2.75) is 19.4 Å². The second kappa shape index (κ2) is 4.17. The first kappa shape index (κ1) is 10.8. The SMILES string of the molecule is Cc1ccsc1C(O)c1cccc2c1OCC2. The Balaban J connectivity index is 2.05. The summed E-state index contributed by atoms with van der Waals surface area (Å²) in [6.07, 6.45) is 0.377. The molecule has 3 heteroatoms. The third-order valence-corrected chi connectivity index (χ3v) is 4.26. The van der Waals surface area contributed by atoms with E-state index >= 15 is 0 Å². The van der Waals surface area contributed by atoms with Crippen LogP contribution in [-0.2, 0) is 6.42 Å². The van der Waals surface area contributed by atoms with E-state index in [-0.39, 0.29) is 0 Å². The fourth-order valence-corrected chi connectivity index (χ4v) is 3.19. The molecule has 2 aromatic rings. The Bertz CT molecular complexity index is 545. The highest BCUT2D eigenvalue weighted by Crippen LogP contribution is 2.38. The van der Waals surface area contributed by atoms with E-state index in [1.807, 2.05) is 30.5 Å². The summed E-state index contributed by atoms with van der Waals surface area (Å²) in [6.45, 7) is 2.75. The van der Waals surface area contributed by atoms with Crippen LogP contribution in [0.5, 0.6) is 5.75 Å². The second-order valence-electron chi connectivity index (χ2n) is 4.30. The van der Waals surface area contributed by atoms with Crippen LogP contribution < -0.4 is 4.74 Å². The number of aryl methyl sites for hydroxylation is 1. The van der Waals surface area contributed by atoms with Crippen LogP contribution in [-0.4, -0.2) is 11.7 Å². The maximum absolute atomic E-state index is 10.5. The molecule has 0 fully saturated rings. The highest BCUT2D eigenvalue weighted by molar-refractivity contribution is 7.10.